The highest BCUT2D eigenvalue weighted by Crippen LogP contribution is 2.25. The highest BCUT2D eigenvalue weighted by molar-refractivity contribution is 5.69. The van der Waals surface area contributed by atoms with E-state index in [-0.39, 0.29) is 6.42 Å². The van der Waals surface area contributed by atoms with Gasteiger partial charge in [0.15, 0.2) is 0 Å². The number of rotatable bonds is 0. The lowest BCUT2D eigenvalue weighted by molar-refractivity contribution is -0.233. The highest BCUT2D eigenvalue weighted by atomic mass is 16.6. The maximum atomic E-state index is 11.5. The van der Waals surface area contributed by atoms with Crippen molar-refractivity contribution in [3.63, 3.8) is 0 Å². The van der Waals surface area contributed by atoms with Gasteiger partial charge in [0.1, 0.15) is 5.60 Å². The molecule has 0 atom stereocenters. The van der Waals surface area contributed by atoms with Gasteiger partial charge in [-0.3, -0.25) is 4.90 Å². The van der Waals surface area contributed by atoms with E-state index in [0.717, 1.165) is 4.90 Å². The van der Waals surface area contributed by atoms with Gasteiger partial charge in [-0.05, 0) is 27.2 Å². The smallest absolute Gasteiger partial charge is 0.414 e. The molecule has 0 aromatic heterocycles. The van der Waals surface area contributed by atoms with Gasteiger partial charge in [0.25, 0.3) is 5.91 Å². The second kappa shape index (κ2) is 3.40. The quantitative estimate of drug-likeness (QED) is 0.567. The molecule has 1 aliphatic heterocycles. The minimum absolute atomic E-state index is 0.173. The molecule has 0 radical (unpaired) electrons. The lowest BCUT2D eigenvalue weighted by Crippen LogP contribution is -2.49. The second-order valence-electron chi connectivity index (χ2n) is 4.51. The van der Waals surface area contributed by atoms with Crippen LogP contribution in [0.4, 0.5) is 4.79 Å². The molecule has 0 unspecified atom stereocenters. The monoisotopic (exact) mass is 203 g/mol. The van der Waals surface area contributed by atoms with E-state index in [1.807, 2.05) is 0 Å². The fourth-order valence-electron chi connectivity index (χ4n) is 1.34. The number of ether oxygens (including phenoxy) is 1. The van der Waals surface area contributed by atoms with Crippen molar-refractivity contribution in [2.24, 2.45) is 0 Å². The van der Waals surface area contributed by atoms with Crippen molar-refractivity contribution >= 4 is 6.09 Å². The van der Waals surface area contributed by atoms with E-state index in [0.29, 0.717) is 13.0 Å². The van der Waals surface area contributed by atoms with Crippen molar-refractivity contribution in [1.82, 2.24) is 4.90 Å². The van der Waals surface area contributed by atoms with E-state index in [4.69, 9.17) is 4.74 Å². The average Bonchev–Trinajstić information content (AvgIpc) is 2.25. The molecule has 0 aromatic rings. The molecule has 5 nitrogen and oxygen atoms in total. The predicted octanol–water partition coefficient (Wildman–Crippen LogP) is 0.656. The van der Waals surface area contributed by atoms with Crippen molar-refractivity contribution in [1.29, 1.82) is 0 Å². The first-order chi connectivity index (χ1) is 6.22. The molecular formula is C9H17NO4. The molecular weight excluding hydrogens is 186 g/mol. The van der Waals surface area contributed by atoms with Crippen molar-refractivity contribution in [2.75, 3.05) is 6.54 Å². The van der Waals surface area contributed by atoms with E-state index in [2.05, 4.69) is 0 Å². The molecule has 1 heterocycles. The highest BCUT2D eigenvalue weighted by Gasteiger charge is 2.42. The Morgan fingerprint density at radius 1 is 1.43 bits per heavy atom. The van der Waals surface area contributed by atoms with Crippen molar-refractivity contribution in [2.45, 2.75) is 45.1 Å². The molecule has 1 fully saturated rings. The second-order valence-corrected chi connectivity index (χ2v) is 4.51. The first-order valence-corrected chi connectivity index (χ1v) is 4.68. The third-order valence-electron chi connectivity index (χ3n) is 1.94. The summed E-state index contributed by atoms with van der Waals surface area (Å²) >= 11 is 0. The SMILES string of the molecule is CC(C)(C)OC(=O)N1CCCC1(O)O. The average molecular weight is 203 g/mol. The summed E-state index contributed by atoms with van der Waals surface area (Å²) in [5.41, 5.74) is -0.615. The minimum atomic E-state index is -2.04. The summed E-state index contributed by atoms with van der Waals surface area (Å²) in [6.07, 6.45) is 0.0679. The number of hydrogen-bond donors (Lipinski definition) is 2. The van der Waals surface area contributed by atoms with Crippen LogP contribution in [0.5, 0.6) is 0 Å². The summed E-state index contributed by atoms with van der Waals surface area (Å²) in [6, 6.07) is 0. The Bertz CT molecular complexity index is 231. The maximum absolute atomic E-state index is 11.5. The van der Waals surface area contributed by atoms with Crippen LogP contribution in [0.25, 0.3) is 0 Å². The van der Waals surface area contributed by atoms with Crippen LogP contribution in [-0.2, 0) is 4.74 Å². The Kier molecular flexibility index (Phi) is 2.74. The summed E-state index contributed by atoms with van der Waals surface area (Å²) in [7, 11) is 0. The first-order valence-electron chi connectivity index (χ1n) is 4.68. The van der Waals surface area contributed by atoms with Gasteiger partial charge in [-0.1, -0.05) is 0 Å². The van der Waals surface area contributed by atoms with E-state index in [9.17, 15) is 15.0 Å². The Hall–Kier alpha value is -0.810. The fraction of sp³-hybridized carbons (Fsp3) is 0.889. The van der Waals surface area contributed by atoms with Crippen LogP contribution < -0.4 is 0 Å². The third-order valence-corrected chi connectivity index (χ3v) is 1.94. The summed E-state index contributed by atoms with van der Waals surface area (Å²) in [5.74, 6) is -2.04. The Balaban J connectivity index is 2.62. The van der Waals surface area contributed by atoms with Crippen LogP contribution in [0.1, 0.15) is 33.6 Å². The zero-order chi connectivity index (χ0) is 11.0. The van der Waals surface area contributed by atoms with Gasteiger partial charge in [0.2, 0.25) is 0 Å². The number of aliphatic hydroxyl groups is 2. The van der Waals surface area contributed by atoms with Gasteiger partial charge in [-0.25, -0.2) is 4.79 Å². The summed E-state index contributed by atoms with van der Waals surface area (Å²) in [4.78, 5) is 12.4. The molecule has 82 valence electrons. The van der Waals surface area contributed by atoms with Gasteiger partial charge in [-0.15, -0.1) is 0 Å². The van der Waals surface area contributed by atoms with E-state index in [1.165, 1.54) is 0 Å². The standard InChI is InChI=1S/C9H17NO4/c1-8(2,3)14-7(11)10-6-4-5-9(10,12)13/h12-13H,4-6H2,1-3H3. The topological polar surface area (TPSA) is 70.0 Å². The molecule has 2 N–H and O–H groups in total. The summed E-state index contributed by atoms with van der Waals surface area (Å²) in [5, 5.41) is 18.8. The minimum Gasteiger partial charge on any atom is -0.444 e. The molecule has 1 saturated heterocycles. The molecule has 0 aromatic carbocycles. The Morgan fingerprint density at radius 3 is 2.36 bits per heavy atom. The first kappa shape index (κ1) is 11.3. The summed E-state index contributed by atoms with van der Waals surface area (Å²) < 4.78 is 5.02. The normalized spacial score (nSPS) is 21.1. The lowest BCUT2D eigenvalue weighted by Gasteiger charge is -2.30. The molecule has 1 amide bonds. The van der Waals surface area contributed by atoms with Crippen LogP contribution in [0, 0.1) is 0 Å². The largest absolute Gasteiger partial charge is 0.444 e. The van der Waals surface area contributed by atoms with E-state index in [1.54, 1.807) is 20.8 Å². The molecule has 14 heavy (non-hydrogen) atoms. The molecule has 5 heteroatoms. The van der Waals surface area contributed by atoms with Gasteiger partial charge < -0.3 is 14.9 Å². The molecule has 0 aliphatic carbocycles. The van der Waals surface area contributed by atoms with Crippen LogP contribution in [0.15, 0.2) is 0 Å². The maximum Gasteiger partial charge on any atom is 0.414 e. The van der Waals surface area contributed by atoms with Crippen LogP contribution in [-0.4, -0.2) is 39.3 Å². The van der Waals surface area contributed by atoms with Gasteiger partial charge in [-0.2, -0.15) is 0 Å². The van der Waals surface area contributed by atoms with Crippen LogP contribution in [0.2, 0.25) is 0 Å². The predicted molar refractivity (Wildman–Crippen MR) is 49.3 cm³/mol. The van der Waals surface area contributed by atoms with Crippen LogP contribution >= 0.6 is 0 Å². The molecule has 0 bridgehead atoms. The van der Waals surface area contributed by atoms with Crippen molar-refractivity contribution in [3.8, 4) is 0 Å². The Morgan fingerprint density at radius 2 is 2.00 bits per heavy atom. The number of amides is 1. The van der Waals surface area contributed by atoms with Crippen LogP contribution in [0.3, 0.4) is 0 Å². The number of likely N-dealkylation sites (tertiary alicyclic amines) is 1. The molecule has 0 spiro atoms. The van der Waals surface area contributed by atoms with E-state index >= 15 is 0 Å². The van der Waals surface area contributed by atoms with Crippen molar-refractivity contribution in [3.05, 3.63) is 0 Å². The van der Waals surface area contributed by atoms with E-state index < -0.39 is 17.6 Å². The molecule has 0 saturated carbocycles. The number of carbonyl (C=O) groups is 1. The number of carbonyl (C=O) groups excluding carboxylic acids is 1. The number of hydrogen-bond acceptors (Lipinski definition) is 4. The van der Waals surface area contributed by atoms with Gasteiger partial charge >= 0.3 is 6.09 Å². The van der Waals surface area contributed by atoms with Gasteiger partial charge in [0, 0.05) is 13.0 Å². The zero-order valence-electron chi connectivity index (χ0n) is 8.78. The molecule has 1 aliphatic rings. The molecule has 1 rings (SSSR count). The lowest BCUT2D eigenvalue weighted by atomic mass is 10.2. The Labute approximate surface area is 83.3 Å². The summed E-state index contributed by atoms with van der Waals surface area (Å²) in [6.45, 7) is 5.52. The van der Waals surface area contributed by atoms with Crippen molar-refractivity contribution < 1.29 is 19.7 Å². The third kappa shape index (κ3) is 2.59. The van der Waals surface area contributed by atoms with Gasteiger partial charge in [0.05, 0.1) is 0 Å². The number of nitrogens with zero attached hydrogens (tertiary/aromatic N) is 1. The zero-order valence-corrected chi connectivity index (χ0v) is 8.78. The fourth-order valence-corrected chi connectivity index (χ4v) is 1.34.